The molecule has 2 rings (SSSR count). The van der Waals surface area contributed by atoms with Gasteiger partial charge < -0.3 is 9.64 Å². The Morgan fingerprint density at radius 2 is 1.95 bits per heavy atom. The summed E-state index contributed by atoms with van der Waals surface area (Å²) in [5.41, 5.74) is 0.272. The molecule has 22 heavy (non-hydrogen) atoms. The zero-order valence-electron chi connectivity index (χ0n) is 12.7. The molecule has 0 saturated carbocycles. The van der Waals surface area contributed by atoms with Crippen LogP contribution in [0.3, 0.4) is 0 Å². The van der Waals surface area contributed by atoms with Crippen molar-refractivity contribution in [3.05, 3.63) is 29.8 Å². The molecule has 0 aliphatic carbocycles. The lowest BCUT2D eigenvalue weighted by molar-refractivity contribution is -0.136. The van der Waals surface area contributed by atoms with Gasteiger partial charge in [-0.2, -0.15) is 8.42 Å². The van der Waals surface area contributed by atoms with Gasteiger partial charge in [0.05, 0.1) is 23.5 Å². The Balaban J connectivity index is 2.11. The van der Waals surface area contributed by atoms with Gasteiger partial charge >= 0.3 is 10.2 Å². The standard InChI is InChI=1S/C15H20FNO4S/c1-15(2)11-21-9-3-8-17(15)14(18)10-12-4-6-13(7-5-12)22(16,19)20/h4-7H,3,8-11H2,1-2H3. The predicted molar refractivity (Wildman–Crippen MR) is 79.7 cm³/mol. The van der Waals surface area contributed by atoms with Crippen LogP contribution in [0.4, 0.5) is 3.89 Å². The van der Waals surface area contributed by atoms with Crippen LogP contribution in [0.5, 0.6) is 0 Å². The van der Waals surface area contributed by atoms with E-state index in [1.807, 2.05) is 13.8 Å². The van der Waals surface area contributed by atoms with Gasteiger partial charge in [-0.1, -0.05) is 12.1 Å². The number of ether oxygens (including phenoxy) is 1. The number of benzene rings is 1. The smallest absolute Gasteiger partial charge is 0.332 e. The summed E-state index contributed by atoms with van der Waals surface area (Å²) in [7, 11) is -4.70. The molecular weight excluding hydrogens is 309 g/mol. The van der Waals surface area contributed by atoms with Crippen molar-refractivity contribution >= 4 is 16.1 Å². The maximum Gasteiger partial charge on any atom is 0.332 e. The van der Waals surface area contributed by atoms with E-state index in [1.54, 1.807) is 4.90 Å². The first-order valence-electron chi connectivity index (χ1n) is 7.12. The lowest BCUT2D eigenvalue weighted by atomic mass is 10.0. The summed E-state index contributed by atoms with van der Waals surface area (Å²) in [5.74, 6) is -0.0497. The Kier molecular flexibility index (Phi) is 4.87. The Morgan fingerprint density at radius 1 is 1.32 bits per heavy atom. The van der Waals surface area contributed by atoms with E-state index >= 15 is 0 Å². The van der Waals surface area contributed by atoms with E-state index in [-0.39, 0.29) is 17.9 Å². The average molecular weight is 329 g/mol. The molecule has 1 fully saturated rings. The van der Waals surface area contributed by atoms with E-state index in [4.69, 9.17) is 4.74 Å². The van der Waals surface area contributed by atoms with Crippen LogP contribution in [0, 0.1) is 0 Å². The van der Waals surface area contributed by atoms with Gasteiger partial charge in [-0.15, -0.1) is 3.89 Å². The SMILES string of the molecule is CC1(C)COCCCN1C(=O)Cc1ccc(S(=O)(=O)F)cc1. The van der Waals surface area contributed by atoms with E-state index in [0.29, 0.717) is 25.3 Å². The lowest BCUT2D eigenvalue weighted by Crippen LogP contribution is -2.50. The van der Waals surface area contributed by atoms with Crippen molar-refractivity contribution in [2.24, 2.45) is 0 Å². The van der Waals surface area contributed by atoms with E-state index in [2.05, 4.69) is 0 Å². The maximum absolute atomic E-state index is 12.8. The summed E-state index contributed by atoms with van der Waals surface area (Å²) in [6.07, 6.45) is 0.935. The van der Waals surface area contributed by atoms with Crippen molar-refractivity contribution in [2.75, 3.05) is 19.8 Å². The number of hydrogen-bond acceptors (Lipinski definition) is 4. The molecule has 122 valence electrons. The Bertz CT molecular complexity index is 640. The van der Waals surface area contributed by atoms with Crippen LogP contribution in [0.1, 0.15) is 25.8 Å². The Labute approximate surface area is 130 Å². The molecule has 7 heteroatoms. The summed E-state index contributed by atoms with van der Waals surface area (Å²) in [5, 5.41) is 0. The van der Waals surface area contributed by atoms with Crippen LogP contribution in [0.2, 0.25) is 0 Å². The molecule has 1 saturated heterocycles. The Morgan fingerprint density at radius 3 is 2.55 bits per heavy atom. The van der Waals surface area contributed by atoms with Gasteiger partial charge in [0, 0.05) is 13.2 Å². The summed E-state index contributed by atoms with van der Waals surface area (Å²) >= 11 is 0. The fourth-order valence-corrected chi connectivity index (χ4v) is 2.99. The number of carbonyl (C=O) groups excluding carboxylic acids is 1. The molecule has 0 bridgehead atoms. The lowest BCUT2D eigenvalue weighted by Gasteiger charge is -2.36. The largest absolute Gasteiger partial charge is 0.379 e. The van der Waals surface area contributed by atoms with Crippen molar-refractivity contribution in [3.8, 4) is 0 Å². The monoisotopic (exact) mass is 329 g/mol. The number of rotatable bonds is 3. The second kappa shape index (κ2) is 6.34. The van der Waals surface area contributed by atoms with Gasteiger partial charge in [-0.25, -0.2) is 0 Å². The molecule has 0 atom stereocenters. The Hall–Kier alpha value is -1.47. The number of hydrogen-bond donors (Lipinski definition) is 0. The van der Waals surface area contributed by atoms with Crippen LogP contribution in [-0.4, -0.2) is 44.5 Å². The highest BCUT2D eigenvalue weighted by Gasteiger charge is 2.32. The maximum atomic E-state index is 12.8. The predicted octanol–water partition coefficient (Wildman–Crippen LogP) is 1.91. The highest BCUT2D eigenvalue weighted by molar-refractivity contribution is 7.86. The molecule has 0 N–H and O–H groups in total. The van der Waals surface area contributed by atoms with Crippen LogP contribution in [0.25, 0.3) is 0 Å². The average Bonchev–Trinajstić information content (AvgIpc) is 2.59. The van der Waals surface area contributed by atoms with Gasteiger partial charge in [0.2, 0.25) is 5.91 Å². The third-order valence-corrected chi connectivity index (χ3v) is 4.55. The first-order valence-corrected chi connectivity index (χ1v) is 8.50. The first kappa shape index (κ1) is 16.9. The van der Waals surface area contributed by atoms with Gasteiger partial charge in [-0.3, -0.25) is 4.79 Å². The molecule has 0 radical (unpaired) electrons. The van der Waals surface area contributed by atoms with Crippen LogP contribution >= 0.6 is 0 Å². The van der Waals surface area contributed by atoms with Crippen molar-refractivity contribution in [1.82, 2.24) is 4.90 Å². The molecule has 1 aliphatic rings. The highest BCUT2D eigenvalue weighted by atomic mass is 32.3. The van der Waals surface area contributed by atoms with E-state index in [0.717, 1.165) is 6.42 Å². The molecule has 0 unspecified atom stereocenters. The van der Waals surface area contributed by atoms with Gasteiger partial charge in [0.25, 0.3) is 0 Å². The van der Waals surface area contributed by atoms with Crippen LogP contribution in [0.15, 0.2) is 29.2 Å². The van der Waals surface area contributed by atoms with E-state index < -0.39 is 15.1 Å². The fourth-order valence-electron chi connectivity index (χ4n) is 2.53. The molecule has 1 aliphatic heterocycles. The summed E-state index contributed by atoms with van der Waals surface area (Å²) < 4.78 is 39.9. The highest BCUT2D eigenvalue weighted by Crippen LogP contribution is 2.21. The number of amides is 1. The van der Waals surface area contributed by atoms with E-state index in [9.17, 15) is 17.1 Å². The molecule has 1 aromatic carbocycles. The first-order chi connectivity index (χ1) is 10.2. The van der Waals surface area contributed by atoms with Crippen molar-refractivity contribution in [1.29, 1.82) is 0 Å². The molecule has 1 heterocycles. The van der Waals surface area contributed by atoms with Gasteiger partial charge in [0.1, 0.15) is 0 Å². The molecule has 0 spiro atoms. The minimum atomic E-state index is -4.70. The summed E-state index contributed by atoms with van der Waals surface area (Å²) in [4.78, 5) is 13.9. The quantitative estimate of drug-likeness (QED) is 0.795. The van der Waals surface area contributed by atoms with Gasteiger partial charge in [-0.05, 0) is 38.0 Å². The minimum Gasteiger partial charge on any atom is -0.379 e. The normalized spacial score (nSPS) is 18.8. The van der Waals surface area contributed by atoms with Crippen LogP contribution in [-0.2, 0) is 26.2 Å². The number of nitrogens with zero attached hydrogens (tertiary/aromatic N) is 1. The molecule has 0 aromatic heterocycles. The molecule has 1 amide bonds. The topological polar surface area (TPSA) is 63.7 Å². The van der Waals surface area contributed by atoms with Crippen molar-refractivity contribution in [2.45, 2.75) is 37.1 Å². The second-order valence-electron chi connectivity index (χ2n) is 6.02. The van der Waals surface area contributed by atoms with Crippen molar-refractivity contribution < 1.29 is 21.8 Å². The minimum absolute atomic E-state index is 0.0497. The zero-order chi connectivity index (χ0) is 16.4. The molecule has 1 aromatic rings. The zero-order valence-corrected chi connectivity index (χ0v) is 13.5. The second-order valence-corrected chi connectivity index (χ2v) is 7.37. The molecule has 5 nitrogen and oxygen atoms in total. The summed E-state index contributed by atoms with van der Waals surface area (Å²) in [6.45, 7) is 5.65. The van der Waals surface area contributed by atoms with Crippen molar-refractivity contribution in [3.63, 3.8) is 0 Å². The fraction of sp³-hybridized carbons (Fsp3) is 0.533. The van der Waals surface area contributed by atoms with Gasteiger partial charge in [0.15, 0.2) is 0 Å². The molecular formula is C15H20FNO4S. The van der Waals surface area contributed by atoms with Crippen LogP contribution < -0.4 is 0 Å². The third kappa shape index (κ3) is 4.04. The number of halogens is 1. The third-order valence-electron chi connectivity index (χ3n) is 3.72. The van der Waals surface area contributed by atoms with E-state index in [1.165, 1.54) is 24.3 Å². The number of carbonyl (C=O) groups is 1. The summed E-state index contributed by atoms with van der Waals surface area (Å²) in [6, 6.07) is 5.28.